The summed E-state index contributed by atoms with van der Waals surface area (Å²) in [7, 11) is -2.12. The highest BCUT2D eigenvalue weighted by molar-refractivity contribution is 7.89. The molecule has 1 aromatic rings. The normalized spacial score (nSPS) is 19.7. The molecule has 0 spiro atoms. The lowest BCUT2D eigenvalue weighted by Gasteiger charge is -2.41. The number of rotatable bonds is 4. The van der Waals surface area contributed by atoms with Crippen molar-refractivity contribution in [3.63, 3.8) is 0 Å². The van der Waals surface area contributed by atoms with Crippen molar-refractivity contribution in [3.8, 4) is 5.75 Å². The van der Waals surface area contributed by atoms with Crippen LogP contribution in [-0.4, -0.2) is 62.3 Å². The van der Waals surface area contributed by atoms with Gasteiger partial charge in [0.1, 0.15) is 5.75 Å². The maximum atomic E-state index is 12.6. The molecule has 0 saturated carbocycles. The summed E-state index contributed by atoms with van der Waals surface area (Å²) in [5.41, 5.74) is 0.722. The molecule has 23 heavy (non-hydrogen) atoms. The number of sulfonamides is 1. The number of hydrogen-bond acceptors (Lipinski definition) is 5. The number of methoxy groups -OCH3 is 1. The number of nitrogens with one attached hydrogen (secondary N) is 1. The standard InChI is InChI=1S/C14H17N3O5S/c1-9-5-11(3-4-12(9)22-2)23(20,21)16-7-10(8-16)17-13(18)6-15-14(17)19/h3-5,10H,6-8H2,1-2H3,(H,15,19). The Balaban J connectivity index is 1.74. The number of nitrogens with zero attached hydrogens (tertiary/aromatic N) is 2. The monoisotopic (exact) mass is 339 g/mol. The number of urea groups is 1. The van der Waals surface area contributed by atoms with E-state index in [-0.39, 0.29) is 30.4 Å². The summed E-state index contributed by atoms with van der Waals surface area (Å²) in [6.45, 7) is 1.98. The Hall–Kier alpha value is -2.13. The third kappa shape index (κ3) is 2.55. The molecule has 2 saturated heterocycles. The first-order valence-corrected chi connectivity index (χ1v) is 8.53. The molecule has 3 rings (SSSR count). The van der Waals surface area contributed by atoms with E-state index in [1.54, 1.807) is 19.1 Å². The number of ether oxygens (including phenoxy) is 1. The molecule has 2 aliphatic heterocycles. The van der Waals surface area contributed by atoms with E-state index in [0.717, 1.165) is 10.5 Å². The summed E-state index contributed by atoms with van der Waals surface area (Å²) in [5.74, 6) is 0.294. The van der Waals surface area contributed by atoms with Crippen LogP contribution in [0.25, 0.3) is 0 Å². The summed E-state index contributed by atoms with van der Waals surface area (Å²) in [6.07, 6.45) is 0. The summed E-state index contributed by atoms with van der Waals surface area (Å²) in [5, 5.41) is 2.43. The highest BCUT2D eigenvalue weighted by Crippen LogP contribution is 2.28. The number of hydrogen-bond donors (Lipinski definition) is 1. The van der Waals surface area contributed by atoms with Gasteiger partial charge in [0.05, 0.1) is 24.6 Å². The van der Waals surface area contributed by atoms with Crippen molar-refractivity contribution < 1.29 is 22.7 Å². The summed E-state index contributed by atoms with van der Waals surface area (Å²) >= 11 is 0. The van der Waals surface area contributed by atoms with Crippen molar-refractivity contribution >= 4 is 22.0 Å². The molecule has 1 aromatic carbocycles. The molecule has 3 amide bonds. The van der Waals surface area contributed by atoms with Crippen molar-refractivity contribution in [2.24, 2.45) is 0 Å². The smallest absolute Gasteiger partial charge is 0.324 e. The molecule has 2 heterocycles. The zero-order chi connectivity index (χ0) is 16.8. The Morgan fingerprint density at radius 3 is 2.48 bits per heavy atom. The van der Waals surface area contributed by atoms with Gasteiger partial charge in [-0.2, -0.15) is 4.31 Å². The van der Waals surface area contributed by atoms with Crippen molar-refractivity contribution in [2.45, 2.75) is 17.9 Å². The number of imide groups is 1. The zero-order valence-corrected chi connectivity index (χ0v) is 13.6. The van der Waals surface area contributed by atoms with Crippen LogP contribution in [0.5, 0.6) is 5.75 Å². The minimum absolute atomic E-state index is 0.0280. The predicted octanol–water partition coefficient (Wildman–Crippen LogP) is -0.0717. The summed E-state index contributed by atoms with van der Waals surface area (Å²) in [6, 6.07) is 3.78. The Morgan fingerprint density at radius 2 is 1.96 bits per heavy atom. The van der Waals surface area contributed by atoms with Crippen LogP contribution in [0.3, 0.4) is 0 Å². The average Bonchev–Trinajstić information content (AvgIpc) is 2.77. The maximum absolute atomic E-state index is 12.6. The molecular weight excluding hydrogens is 322 g/mol. The van der Waals surface area contributed by atoms with Gasteiger partial charge in [-0.3, -0.25) is 9.69 Å². The number of amides is 3. The van der Waals surface area contributed by atoms with Gasteiger partial charge in [-0.15, -0.1) is 0 Å². The van der Waals surface area contributed by atoms with Gasteiger partial charge in [-0.05, 0) is 30.7 Å². The lowest BCUT2D eigenvalue weighted by Crippen LogP contribution is -2.62. The quantitative estimate of drug-likeness (QED) is 0.775. The minimum Gasteiger partial charge on any atom is -0.496 e. The molecule has 2 aliphatic rings. The number of benzene rings is 1. The average molecular weight is 339 g/mol. The molecule has 0 aliphatic carbocycles. The van der Waals surface area contributed by atoms with Crippen LogP contribution in [0, 0.1) is 6.92 Å². The third-order valence-electron chi connectivity index (χ3n) is 4.08. The predicted molar refractivity (Wildman–Crippen MR) is 80.5 cm³/mol. The van der Waals surface area contributed by atoms with E-state index in [1.807, 2.05) is 0 Å². The molecular formula is C14H17N3O5S. The largest absolute Gasteiger partial charge is 0.496 e. The van der Waals surface area contributed by atoms with E-state index in [4.69, 9.17) is 4.74 Å². The van der Waals surface area contributed by atoms with E-state index < -0.39 is 22.1 Å². The Kier molecular flexibility index (Phi) is 3.77. The highest BCUT2D eigenvalue weighted by Gasteiger charge is 2.45. The van der Waals surface area contributed by atoms with Crippen LogP contribution in [0.1, 0.15) is 5.56 Å². The zero-order valence-electron chi connectivity index (χ0n) is 12.8. The van der Waals surface area contributed by atoms with Gasteiger partial charge in [0.2, 0.25) is 15.9 Å². The SMILES string of the molecule is COc1ccc(S(=O)(=O)N2CC(N3C(=O)CNC3=O)C2)cc1C. The Labute approximate surface area is 134 Å². The van der Waals surface area contributed by atoms with Crippen molar-refractivity contribution in [2.75, 3.05) is 26.7 Å². The molecule has 124 valence electrons. The van der Waals surface area contributed by atoms with Crippen molar-refractivity contribution in [1.29, 1.82) is 0 Å². The van der Waals surface area contributed by atoms with E-state index in [2.05, 4.69) is 5.32 Å². The summed E-state index contributed by atoms with van der Waals surface area (Å²) < 4.78 is 31.5. The van der Waals surface area contributed by atoms with E-state index >= 15 is 0 Å². The molecule has 0 radical (unpaired) electrons. The van der Waals surface area contributed by atoms with Gasteiger partial charge in [0.25, 0.3) is 0 Å². The van der Waals surface area contributed by atoms with Gasteiger partial charge in [-0.25, -0.2) is 13.2 Å². The topological polar surface area (TPSA) is 96.0 Å². The van der Waals surface area contributed by atoms with E-state index in [0.29, 0.717) is 5.75 Å². The van der Waals surface area contributed by atoms with E-state index in [9.17, 15) is 18.0 Å². The van der Waals surface area contributed by atoms with Gasteiger partial charge in [0, 0.05) is 13.1 Å². The molecule has 2 fully saturated rings. The molecule has 1 N–H and O–H groups in total. The second kappa shape index (κ2) is 5.50. The molecule has 9 heteroatoms. The fourth-order valence-electron chi connectivity index (χ4n) is 2.74. The van der Waals surface area contributed by atoms with Crippen LogP contribution < -0.4 is 10.1 Å². The van der Waals surface area contributed by atoms with Gasteiger partial charge < -0.3 is 10.1 Å². The van der Waals surface area contributed by atoms with Crippen LogP contribution in [0.2, 0.25) is 0 Å². The Bertz CT molecular complexity index is 755. The Morgan fingerprint density at radius 1 is 1.26 bits per heavy atom. The first-order valence-electron chi connectivity index (χ1n) is 7.09. The van der Waals surface area contributed by atoms with Crippen LogP contribution >= 0.6 is 0 Å². The first kappa shape index (κ1) is 15.8. The molecule has 8 nitrogen and oxygen atoms in total. The molecule has 0 bridgehead atoms. The van der Waals surface area contributed by atoms with Crippen LogP contribution in [0.15, 0.2) is 23.1 Å². The molecule has 0 unspecified atom stereocenters. The van der Waals surface area contributed by atoms with Gasteiger partial charge in [-0.1, -0.05) is 0 Å². The van der Waals surface area contributed by atoms with Crippen molar-refractivity contribution in [3.05, 3.63) is 23.8 Å². The molecule has 0 aromatic heterocycles. The van der Waals surface area contributed by atoms with E-state index in [1.165, 1.54) is 17.5 Å². The van der Waals surface area contributed by atoms with Gasteiger partial charge in [0.15, 0.2) is 0 Å². The number of carbonyl (C=O) groups excluding carboxylic acids is 2. The fourth-order valence-corrected chi connectivity index (χ4v) is 4.34. The van der Waals surface area contributed by atoms with Crippen LogP contribution in [-0.2, 0) is 14.8 Å². The van der Waals surface area contributed by atoms with Gasteiger partial charge >= 0.3 is 6.03 Å². The molecule has 0 atom stereocenters. The summed E-state index contributed by atoms with van der Waals surface area (Å²) in [4.78, 5) is 24.5. The third-order valence-corrected chi connectivity index (χ3v) is 5.90. The minimum atomic E-state index is -3.64. The highest BCUT2D eigenvalue weighted by atomic mass is 32.2. The first-order chi connectivity index (χ1) is 10.8. The maximum Gasteiger partial charge on any atom is 0.324 e. The van der Waals surface area contributed by atoms with Crippen molar-refractivity contribution in [1.82, 2.24) is 14.5 Å². The second-order valence-corrected chi connectivity index (χ2v) is 7.47. The second-order valence-electron chi connectivity index (χ2n) is 5.53. The van der Waals surface area contributed by atoms with Crippen LogP contribution in [0.4, 0.5) is 4.79 Å². The number of aryl methyl sites for hydroxylation is 1. The lowest BCUT2D eigenvalue weighted by atomic mass is 10.1. The number of carbonyl (C=O) groups is 2. The lowest BCUT2D eigenvalue weighted by molar-refractivity contribution is -0.128. The fraction of sp³-hybridized carbons (Fsp3) is 0.429.